The Morgan fingerprint density at radius 1 is 1.12 bits per heavy atom. The Morgan fingerprint density at radius 2 is 1.76 bits per heavy atom. The lowest BCUT2D eigenvalue weighted by Crippen LogP contribution is -2.27. The number of aromatic nitrogens is 1. The third-order valence-corrected chi connectivity index (χ3v) is 3.33. The summed E-state index contributed by atoms with van der Waals surface area (Å²) in [4.78, 5) is 17.8. The van der Waals surface area contributed by atoms with Gasteiger partial charge in [-0.05, 0) is 25.0 Å². The minimum Gasteiger partial charge on any atom is -0.370 e. The molecule has 3 nitrogen and oxygen atoms in total. The van der Waals surface area contributed by atoms with E-state index in [-0.39, 0.29) is 5.78 Å². The van der Waals surface area contributed by atoms with Crippen molar-refractivity contribution >= 4 is 11.5 Å². The molecule has 3 heteroatoms. The molecule has 0 atom stereocenters. The molecule has 0 amide bonds. The zero-order valence-corrected chi connectivity index (χ0v) is 10.5. The fourth-order valence-electron chi connectivity index (χ4n) is 2.29. The lowest BCUT2D eigenvalue weighted by molar-refractivity contribution is 0.101. The van der Waals surface area contributed by atoms with E-state index in [1.165, 1.54) is 32.1 Å². The van der Waals surface area contributed by atoms with Gasteiger partial charge in [-0.2, -0.15) is 0 Å². The molecule has 1 aliphatic rings. The Kier molecular flexibility index (Phi) is 4.13. The van der Waals surface area contributed by atoms with E-state index < -0.39 is 0 Å². The van der Waals surface area contributed by atoms with Gasteiger partial charge in [-0.1, -0.05) is 19.3 Å². The van der Waals surface area contributed by atoms with Gasteiger partial charge in [-0.25, -0.2) is 0 Å². The molecule has 0 radical (unpaired) electrons. The number of anilines is 1. The second-order valence-electron chi connectivity index (χ2n) is 4.71. The van der Waals surface area contributed by atoms with Crippen molar-refractivity contribution in [2.45, 2.75) is 39.0 Å². The molecule has 1 saturated heterocycles. The first-order valence-corrected chi connectivity index (χ1v) is 6.49. The molecule has 0 bridgehead atoms. The van der Waals surface area contributed by atoms with Crippen LogP contribution < -0.4 is 4.90 Å². The maximum absolute atomic E-state index is 11.2. The Labute approximate surface area is 103 Å². The summed E-state index contributed by atoms with van der Waals surface area (Å²) >= 11 is 0. The van der Waals surface area contributed by atoms with Gasteiger partial charge >= 0.3 is 0 Å². The van der Waals surface area contributed by atoms with E-state index >= 15 is 0 Å². The summed E-state index contributed by atoms with van der Waals surface area (Å²) in [6.45, 7) is 3.78. The third kappa shape index (κ3) is 3.29. The standard InChI is InChI=1S/C14H20N2O/c1-12(17)14-8-7-13(11-15-14)16-9-5-3-2-4-6-10-16/h7-8,11H,2-6,9-10H2,1H3. The number of pyridine rings is 1. The smallest absolute Gasteiger partial charge is 0.178 e. The number of hydrogen-bond donors (Lipinski definition) is 0. The van der Waals surface area contributed by atoms with Crippen LogP contribution in [0.4, 0.5) is 5.69 Å². The van der Waals surface area contributed by atoms with Crippen molar-refractivity contribution in [2.24, 2.45) is 0 Å². The molecule has 0 unspecified atom stereocenters. The van der Waals surface area contributed by atoms with E-state index in [2.05, 4.69) is 9.88 Å². The van der Waals surface area contributed by atoms with Gasteiger partial charge in [0.1, 0.15) is 5.69 Å². The summed E-state index contributed by atoms with van der Waals surface area (Å²) in [6, 6.07) is 3.85. The van der Waals surface area contributed by atoms with Gasteiger partial charge in [0, 0.05) is 20.0 Å². The Bertz CT molecular complexity index is 364. The van der Waals surface area contributed by atoms with Gasteiger partial charge in [0.2, 0.25) is 0 Å². The molecule has 0 N–H and O–H groups in total. The van der Waals surface area contributed by atoms with Crippen molar-refractivity contribution in [3.05, 3.63) is 24.0 Å². The predicted molar refractivity (Wildman–Crippen MR) is 69.5 cm³/mol. The Morgan fingerprint density at radius 3 is 2.29 bits per heavy atom. The maximum atomic E-state index is 11.2. The van der Waals surface area contributed by atoms with Crippen LogP contribution in [0, 0.1) is 0 Å². The average Bonchev–Trinajstić information content (AvgIpc) is 2.29. The first-order chi connectivity index (χ1) is 8.27. The van der Waals surface area contributed by atoms with Crippen LogP contribution in [0.5, 0.6) is 0 Å². The number of rotatable bonds is 2. The fourth-order valence-corrected chi connectivity index (χ4v) is 2.29. The molecule has 1 fully saturated rings. The second-order valence-corrected chi connectivity index (χ2v) is 4.71. The van der Waals surface area contributed by atoms with Crippen molar-refractivity contribution in [3.63, 3.8) is 0 Å². The van der Waals surface area contributed by atoms with Crippen molar-refractivity contribution < 1.29 is 4.79 Å². The topological polar surface area (TPSA) is 33.2 Å². The summed E-state index contributed by atoms with van der Waals surface area (Å²) in [5.74, 6) is 0.0317. The highest BCUT2D eigenvalue weighted by molar-refractivity contribution is 5.92. The van der Waals surface area contributed by atoms with E-state index in [4.69, 9.17) is 0 Å². The number of carbonyl (C=O) groups is 1. The maximum Gasteiger partial charge on any atom is 0.178 e. The van der Waals surface area contributed by atoms with Crippen molar-refractivity contribution in [1.82, 2.24) is 4.98 Å². The van der Waals surface area contributed by atoms with Gasteiger partial charge in [-0.3, -0.25) is 9.78 Å². The number of carbonyl (C=O) groups excluding carboxylic acids is 1. The second kappa shape index (κ2) is 5.80. The molecule has 2 rings (SSSR count). The monoisotopic (exact) mass is 232 g/mol. The van der Waals surface area contributed by atoms with Crippen LogP contribution in [0.1, 0.15) is 49.5 Å². The third-order valence-electron chi connectivity index (χ3n) is 3.33. The molecule has 0 spiro atoms. The van der Waals surface area contributed by atoms with E-state index in [9.17, 15) is 4.79 Å². The molecule has 2 heterocycles. The average molecular weight is 232 g/mol. The highest BCUT2D eigenvalue weighted by atomic mass is 16.1. The molecule has 0 aromatic carbocycles. The highest BCUT2D eigenvalue weighted by Crippen LogP contribution is 2.18. The van der Waals surface area contributed by atoms with Crippen LogP contribution in [0.2, 0.25) is 0 Å². The molecular formula is C14H20N2O. The van der Waals surface area contributed by atoms with Crippen LogP contribution >= 0.6 is 0 Å². The molecule has 1 aliphatic heterocycles. The largest absolute Gasteiger partial charge is 0.370 e. The quantitative estimate of drug-likeness (QED) is 0.735. The normalized spacial score (nSPS) is 17.4. The number of Topliss-reactive ketones (excluding diaryl/α,β-unsaturated/α-hetero) is 1. The van der Waals surface area contributed by atoms with Gasteiger partial charge in [0.15, 0.2) is 5.78 Å². The van der Waals surface area contributed by atoms with Crippen LogP contribution in [0.25, 0.3) is 0 Å². The van der Waals surface area contributed by atoms with E-state index in [0.717, 1.165) is 18.8 Å². The summed E-state index contributed by atoms with van der Waals surface area (Å²) in [7, 11) is 0. The van der Waals surface area contributed by atoms with E-state index in [0.29, 0.717) is 5.69 Å². The van der Waals surface area contributed by atoms with Gasteiger partial charge in [0.05, 0.1) is 11.9 Å². The molecule has 92 valence electrons. The van der Waals surface area contributed by atoms with Crippen molar-refractivity contribution in [3.8, 4) is 0 Å². The lowest BCUT2D eigenvalue weighted by Gasteiger charge is -2.26. The molecule has 1 aromatic heterocycles. The van der Waals surface area contributed by atoms with Crippen LogP contribution in [-0.4, -0.2) is 23.9 Å². The van der Waals surface area contributed by atoms with Crippen LogP contribution in [0.15, 0.2) is 18.3 Å². The zero-order chi connectivity index (χ0) is 12.1. The zero-order valence-electron chi connectivity index (χ0n) is 10.5. The summed E-state index contributed by atoms with van der Waals surface area (Å²) < 4.78 is 0. The SMILES string of the molecule is CC(=O)c1ccc(N2CCCCCCC2)cn1. The first kappa shape index (κ1) is 12.1. The van der Waals surface area contributed by atoms with Crippen molar-refractivity contribution in [2.75, 3.05) is 18.0 Å². The van der Waals surface area contributed by atoms with Gasteiger partial charge in [-0.15, -0.1) is 0 Å². The van der Waals surface area contributed by atoms with Crippen LogP contribution in [0.3, 0.4) is 0 Å². The van der Waals surface area contributed by atoms with Gasteiger partial charge < -0.3 is 4.90 Å². The fraction of sp³-hybridized carbons (Fsp3) is 0.571. The van der Waals surface area contributed by atoms with E-state index in [1.54, 1.807) is 6.92 Å². The Hall–Kier alpha value is -1.38. The molecule has 1 aromatic rings. The number of nitrogens with zero attached hydrogens (tertiary/aromatic N) is 2. The van der Waals surface area contributed by atoms with Crippen molar-refractivity contribution in [1.29, 1.82) is 0 Å². The predicted octanol–water partition coefficient (Wildman–Crippen LogP) is 3.05. The lowest BCUT2D eigenvalue weighted by atomic mass is 10.1. The Balaban J connectivity index is 2.06. The highest BCUT2D eigenvalue weighted by Gasteiger charge is 2.10. The van der Waals surface area contributed by atoms with Gasteiger partial charge in [0.25, 0.3) is 0 Å². The minimum atomic E-state index is 0.0317. The molecule has 0 aliphatic carbocycles. The molecular weight excluding hydrogens is 212 g/mol. The van der Waals surface area contributed by atoms with Crippen LogP contribution in [-0.2, 0) is 0 Å². The van der Waals surface area contributed by atoms with E-state index in [1.807, 2.05) is 18.3 Å². The summed E-state index contributed by atoms with van der Waals surface area (Å²) in [5, 5.41) is 0. The number of hydrogen-bond acceptors (Lipinski definition) is 3. The first-order valence-electron chi connectivity index (χ1n) is 6.49. The summed E-state index contributed by atoms with van der Waals surface area (Å²) in [5.41, 5.74) is 1.71. The molecule has 17 heavy (non-hydrogen) atoms. The minimum absolute atomic E-state index is 0.0317. The molecule has 0 saturated carbocycles. The summed E-state index contributed by atoms with van der Waals surface area (Å²) in [6.07, 6.45) is 8.38. The number of ketones is 1.